The summed E-state index contributed by atoms with van der Waals surface area (Å²) in [5, 5.41) is 34.3. The van der Waals surface area contributed by atoms with E-state index in [0.29, 0.717) is 6.07 Å². The highest BCUT2D eigenvalue weighted by Gasteiger charge is 2.41. The summed E-state index contributed by atoms with van der Waals surface area (Å²) in [6.07, 6.45) is 0. The van der Waals surface area contributed by atoms with Crippen LogP contribution in [0.2, 0.25) is 0 Å². The van der Waals surface area contributed by atoms with Crippen LogP contribution in [0.25, 0.3) is 11.1 Å². The molecule has 0 unspecified atom stereocenters. The zero-order chi connectivity index (χ0) is 22.4. The highest BCUT2D eigenvalue weighted by molar-refractivity contribution is 6.26. The van der Waals surface area contributed by atoms with Gasteiger partial charge in [-0.25, -0.2) is 0 Å². The molecule has 2 aliphatic rings. The second-order valence-corrected chi connectivity index (χ2v) is 6.81. The molecule has 158 valence electrons. The van der Waals surface area contributed by atoms with E-state index in [1.54, 1.807) is 0 Å². The Morgan fingerprint density at radius 2 is 1.39 bits per heavy atom. The summed E-state index contributed by atoms with van der Waals surface area (Å²) >= 11 is 0. The number of ketones is 1. The summed E-state index contributed by atoms with van der Waals surface area (Å²) in [6, 6.07) is 3.46. The Bertz CT molecular complexity index is 1200. The maximum Gasteiger partial charge on any atom is 0.284 e. The molecule has 0 N–H and O–H groups in total. The van der Waals surface area contributed by atoms with Crippen molar-refractivity contribution in [3.8, 4) is 11.1 Å². The highest BCUT2D eigenvalue weighted by atomic mass is 16.6. The number of benzene rings is 2. The zero-order valence-corrected chi connectivity index (χ0v) is 15.6. The monoisotopic (exact) mass is 428 g/mol. The molecule has 1 aliphatic heterocycles. The lowest BCUT2D eigenvalue weighted by molar-refractivity contribution is -0.393. The third-order valence-electron chi connectivity index (χ3n) is 5.11. The van der Waals surface area contributed by atoms with E-state index in [4.69, 9.17) is 4.74 Å². The van der Waals surface area contributed by atoms with Gasteiger partial charge in [-0.05, 0) is 0 Å². The van der Waals surface area contributed by atoms with Gasteiger partial charge in [0.05, 0.1) is 45.2 Å². The second kappa shape index (κ2) is 7.21. The number of morpholine rings is 1. The summed E-state index contributed by atoms with van der Waals surface area (Å²) in [6.45, 7) is 0.869. The number of ether oxygens (including phenoxy) is 1. The molecule has 13 nitrogen and oxygen atoms in total. The lowest BCUT2D eigenvalue weighted by Crippen LogP contribution is -2.40. The van der Waals surface area contributed by atoms with Crippen molar-refractivity contribution in [1.29, 1.82) is 0 Å². The number of carbonyl (C=O) groups is 2. The molecular formula is C18H12N4O9. The summed E-state index contributed by atoms with van der Waals surface area (Å²) < 4.78 is 5.19. The largest absolute Gasteiger partial charge is 0.378 e. The van der Waals surface area contributed by atoms with Crippen molar-refractivity contribution in [3.63, 3.8) is 0 Å². The van der Waals surface area contributed by atoms with Crippen molar-refractivity contribution in [3.05, 3.63) is 71.3 Å². The van der Waals surface area contributed by atoms with Crippen LogP contribution in [0.15, 0.2) is 24.3 Å². The van der Waals surface area contributed by atoms with Gasteiger partial charge >= 0.3 is 0 Å². The van der Waals surface area contributed by atoms with Gasteiger partial charge in [-0.2, -0.15) is 0 Å². The van der Waals surface area contributed by atoms with Gasteiger partial charge in [0.25, 0.3) is 23.0 Å². The lowest BCUT2D eigenvalue weighted by atomic mass is 9.96. The number of nitrogens with zero attached hydrogens (tertiary/aromatic N) is 4. The number of hydrogen-bond acceptors (Lipinski definition) is 9. The number of nitro benzene ring substituents is 3. The molecule has 1 aliphatic carbocycles. The molecule has 1 fully saturated rings. The molecule has 0 saturated carbocycles. The molecule has 13 heteroatoms. The van der Waals surface area contributed by atoms with Crippen LogP contribution in [0.3, 0.4) is 0 Å². The van der Waals surface area contributed by atoms with E-state index in [0.717, 1.165) is 18.2 Å². The third-order valence-corrected chi connectivity index (χ3v) is 5.11. The maximum atomic E-state index is 13.2. The molecule has 2 aromatic carbocycles. The summed E-state index contributed by atoms with van der Waals surface area (Å²) in [7, 11) is 0. The summed E-state index contributed by atoms with van der Waals surface area (Å²) in [5.74, 6) is -1.52. The molecule has 2 aromatic rings. The topological polar surface area (TPSA) is 176 Å². The van der Waals surface area contributed by atoms with E-state index in [1.807, 2.05) is 0 Å². The van der Waals surface area contributed by atoms with Crippen LogP contribution in [-0.2, 0) is 4.74 Å². The Morgan fingerprint density at radius 1 is 0.839 bits per heavy atom. The van der Waals surface area contributed by atoms with Crippen LogP contribution in [0.4, 0.5) is 17.1 Å². The molecule has 0 aromatic heterocycles. The minimum Gasteiger partial charge on any atom is -0.378 e. The minimum absolute atomic E-state index is 0.135. The molecule has 4 rings (SSSR count). The smallest absolute Gasteiger partial charge is 0.284 e. The Labute approximate surface area is 172 Å². The van der Waals surface area contributed by atoms with Crippen LogP contribution in [-0.4, -0.2) is 57.7 Å². The third kappa shape index (κ3) is 3.16. The number of non-ortho nitro benzene ring substituents is 2. The Morgan fingerprint density at radius 3 is 1.94 bits per heavy atom. The molecule has 0 atom stereocenters. The molecule has 31 heavy (non-hydrogen) atoms. The molecule has 0 bridgehead atoms. The predicted octanol–water partition coefficient (Wildman–Crippen LogP) is 2.09. The van der Waals surface area contributed by atoms with Gasteiger partial charge in [0.1, 0.15) is 0 Å². The van der Waals surface area contributed by atoms with Crippen LogP contribution in [0.1, 0.15) is 26.3 Å². The number of nitro groups is 3. The van der Waals surface area contributed by atoms with Crippen LogP contribution >= 0.6 is 0 Å². The maximum absolute atomic E-state index is 13.2. The normalized spacial score (nSPS) is 14.7. The molecular weight excluding hydrogens is 416 g/mol. The first-order valence-electron chi connectivity index (χ1n) is 8.92. The van der Waals surface area contributed by atoms with E-state index < -0.39 is 43.5 Å². The molecule has 0 spiro atoms. The van der Waals surface area contributed by atoms with Gasteiger partial charge < -0.3 is 9.64 Å². The molecule has 1 saturated heterocycles. The predicted molar refractivity (Wildman–Crippen MR) is 102 cm³/mol. The van der Waals surface area contributed by atoms with Gasteiger partial charge in [0.2, 0.25) is 0 Å². The van der Waals surface area contributed by atoms with Crippen LogP contribution in [0.5, 0.6) is 0 Å². The van der Waals surface area contributed by atoms with Crippen molar-refractivity contribution in [2.75, 3.05) is 26.3 Å². The van der Waals surface area contributed by atoms with E-state index in [-0.39, 0.29) is 54.1 Å². The number of rotatable bonds is 4. The van der Waals surface area contributed by atoms with E-state index >= 15 is 0 Å². The van der Waals surface area contributed by atoms with Crippen molar-refractivity contribution in [2.24, 2.45) is 0 Å². The van der Waals surface area contributed by atoms with Crippen LogP contribution in [0, 0.1) is 30.3 Å². The quantitative estimate of drug-likeness (QED) is 0.444. The lowest BCUT2D eigenvalue weighted by Gasteiger charge is -2.27. The van der Waals surface area contributed by atoms with Gasteiger partial charge in [-0.15, -0.1) is 0 Å². The second-order valence-electron chi connectivity index (χ2n) is 6.81. The highest BCUT2D eigenvalue weighted by Crippen LogP contribution is 2.47. The Balaban J connectivity index is 2.03. The summed E-state index contributed by atoms with van der Waals surface area (Å²) in [5.41, 5.74) is -3.25. The van der Waals surface area contributed by atoms with E-state index in [1.165, 1.54) is 4.90 Å². The first kappa shape index (κ1) is 20.0. The summed E-state index contributed by atoms with van der Waals surface area (Å²) in [4.78, 5) is 59.2. The first-order chi connectivity index (χ1) is 14.7. The van der Waals surface area contributed by atoms with Gasteiger partial charge in [-0.3, -0.25) is 39.9 Å². The number of amides is 1. The fourth-order valence-corrected chi connectivity index (χ4v) is 3.73. The zero-order valence-electron chi connectivity index (χ0n) is 15.6. The number of hydrogen-bond donors (Lipinski definition) is 0. The number of carbonyl (C=O) groups excluding carboxylic acids is 2. The van der Waals surface area contributed by atoms with E-state index in [9.17, 15) is 39.9 Å². The first-order valence-corrected chi connectivity index (χ1v) is 8.92. The van der Waals surface area contributed by atoms with Crippen molar-refractivity contribution in [2.45, 2.75) is 0 Å². The Hall–Kier alpha value is -4.26. The van der Waals surface area contributed by atoms with Gasteiger partial charge in [-0.1, -0.05) is 0 Å². The van der Waals surface area contributed by atoms with Crippen molar-refractivity contribution in [1.82, 2.24) is 4.90 Å². The van der Waals surface area contributed by atoms with Crippen LogP contribution < -0.4 is 0 Å². The van der Waals surface area contributed by atoms with Crippen molar-refractivity contribution >= 4 is 28.8 Å². The molecule has 0 radical (unpaired) electrons. The standard InChI is InChI=1S/C18H12N4O9/c23-17-11-5-9(20(25)26)7-13(18(24)19-1-3-31-4-2-19)15(11)16-12(17)6-10(21(27)28)8-14(16)22(29)30/h5-8H,1-4H2. The minimum atomic E-state index is -0.890. The van der Waals surface area contributed by atoms with Gasteiger partial charge in [0, 0.05) is 48.0 Å². The SMILES string of the molecule is O=C1c2cc([N+](=O)[O-])cc(C(=O)N3CCOCC3)c2-c2c1cc([N+](=O)[O-])cc2[N+](=O)[O-]. The average molecular weight is 428 g/mol. The Kier molecular flexibility index (Phi) is 4.66. The fourth-order valence-electron chi connectivity index (χ4n) is 3.73. The average Bonchev–Trinajstić information content (AvgIpc) is 3.04. The molecule has 1 amide bonds. The van der Waals surface area contributed by atoms with E-state index in [2.05, 4.69) is 0 Å². The fraction of sp³-hybridized carbons (Fsp3) is 0.222. The van der Waals surface area contributed by atoms with Gasteiger partial charge in [0.15, 0.2) is 5.78 Å². The molecule has 1 heterocycles. The number of fused-ring (bicyclic) bond motifs is 3. The van der Waals surface area contributed by atoms with Crippen molar-refractivity contribution < 1.29 is 29.1 Å².